The van der Waals surface area contributed by atoms with Crippen molar-refractivity contribution in [2.24, 2.45) is 5.73 Å². The molecule has 1 aliphatic heterocycles. The van der Waals surface area contributed by atoms with E-state index in [1.807, 2.05) is 18.2 Å². The molecule has 1 unspecified atom stereocenters. The van der Waals surface area contributed by atoms with E-state index in [9.17, 15) is 5.11 Å². The van der Waals surface area contributed by atoms with E-state index < -0.39 is 6.10 Å². The van der Waals surface area contributed by atoms with Gasteiger partial charge in [-0.1, -0.05) is 13.0 Å². The van der Waals surface area contributed by atoms with Gasteiger partial charge in [-0.15, -0.1) is 0 Å². The Balaban J connectivity index is 2.24. The lowest BCUT2D eigenvalue weighted by molar-refractivity contribution is 0.170. The maximum Gasteiger partial charge on any atom is 0.142 e. The number of aliphatic hydroxyl groups excluding tert-OH is 1. The number of hydrogen-bond acceptors (Lipinski definition) is 4. The molecule has 0 bridgehead atoms. The van der Waals surface area contributed by atoms with Crippen molar-refractivity contribution in [2.45, 2.75) is 25.9 Å². The van der Waals surface area contributed by atoms with Crippen LogP contribution in [0.3, 0.4) is 0 Å². The monoisotopic (exact) mass is 250 g/mol. The summed E-state index contributed by atoms with van der Waals surface area (Å²) in [6.45, 7) is 5.33. The van der Waals surface area contributed by atoms with E-state index in [0.717, 1.165) is 43.1 Å². The Morgan fingerprint density at radius 3 is 3.06 bits per heavy atom. The standard InChI is InChI=1S/C14H22N2O2/c1-2-7-16-8-9-18-14-4-3-11(10-12(14)16)13(17)5-6-15/h3-4,10,13,17H,2,5-9,15H2,1H3. The molecule has 0 spiro atoms. The summed E-state index contributed by atoms with van der Waals surface area (Å²) in [6.07, 6.45) is 1.22. The summed E-state index contributed by atoms with van der Waals surface area (Å²) in [5, 5.41) is 10.00. The fourth-order valence-electron chi connectivity index (χ4n) is 2.32. The minimum absolute atomic E-state index is 0.481. The van der Waals surface area contributed by atoms with E-state index in [0.29, 0.717) is 13.0 Å². The molecule has 1 atom stereocenters. The molecule has 1 aromatic carbocycles. The van der Waals surface area contributed by atoms with Crippen molar-refractivity contribution in [2.75, 3.05) is 31.1 Å². The van der Waals surface area contributed by atoms with E-state index >= 15 is 0 Å². The largest absolute Gasteiger partial charge is 0.490 e. The van der Waals surface area contributed by atoms with Crippen LogP contribution in [0.4, 0.5) is 5.69 Å². The Morgan fingerprint density at radius 2 is 2.33 bits per heavy atom. The van der Waals surface area contributed by atoms with Gasteiger partial charge in [0.25, 0.3) is 0 Å². The highest BCUT2D eigenvalue weighted by Crippen LogP contribution is 2.34. The Hall–Kier alpha value is -1.26. The molecular formula is C14H22N2O2. The van der Waals surface area contributed by atoms with Gasteiger partial charge in [0.1, 0.15) is 12.4 Å². The summed E-state index contributed by atoms with van der Waals surface area (Å²) in [7, 11) is 0. The second kappa shape index (κ2) is 6.07. The second-order valence-corrected chi connectivity index (χ2v) is 4.66. The quantitative estimate of drug-likeness (QED) is 0.834. The molecule has 1 heterocycles. The molecule has 0 aromatic heterocycles. The first-order chi connectivity index (χ1) is 8.76. The molecule has 4 nitrogen and oxygen atoms in total. The van der Waals surface area contributed by atoms with Crippen LogP contribution in [-0.2, 0) is 0 Å². The highest BCUT2D eigenvalue weighted by atomic mass is 16.5. The molecular weight excluding hydrogens is 228 g/mol. The van der Waals surface area contributed by atoms with Gasteiger partial charge in [-0.3, -0.25) is 0 Å². The highest BCUT2D eigenvalue weighted by molar-refractivity contribution is 5.61. The van der Waals surface area contributed by atoms with Crippen LogP contribution in [0.15, 0.2) is 18.2 Å². The zero-order chi connectivity index (χ0) is 13.0. The van der Waals surface area contributed by atoms with E-state index in [1.165, 1.54) is 0 Å². The van der Waals surface area contributed by atoms with Crippen molar-refractivity contribution < 1.29 is 9.84 Å². The summed E-state index contributed by atoms with van der Waals surface area (Å²) in [4.78, 5) is 2.32. The van der Waals surface area contributed by atoms with Crippen molar-refractivity contribution in [3.05, 3.63) is 23.8 Å². The van der Waals surface area contributed by atoms with E-state index in [1.54, 1.807) is 0 Å². The van der Waals surface area contributed by atoms with Crippen LogP contribution in [0.25, 0.3) is 0 Å². The van der Waals surface area contributed by atoms with Crippen LogP contribution < -0.4 is 15.4 Å². The Bertz CT molecular complexity index is 395. The Morgan fingerprint density at radius 1 is 1.50 bits per heavy atom. The normalized spacial score (nSPS) is 16.1. The summed E-state index contributed by atoms with van der Waals surface area (Å²) in [6, 6.07) is 5.91. The molecule has 1 aromatic rings. The lowest BCUT2D eigenvalue weighted by Gasteiger charge is -2.31. The van der Waals surface area contributed by atoms with Gasteiger partial charge in [-0.05, 0) is 37.1 Å². The third kappa shape index (κ3) is 2.76. The number of aliphatic hydroxyl groups is 1. The fourth-order valence-corrected chi connectivity index (χ4v) is 2.32. The third-order valence-electron chi connectivity index (χ3n) is 3.26. The molecule has 0 radical (unpaired) electrons. The molecule has 18 heavy (non-hydrogen) atoms. The molecule has 0 saturated carbocycles. The van der Waals surface area contributed by atoms with Gasteiger partial charge in [0.2, 0.25) is 0 Å². The number of nitrogens with two attached hydrogens (primary N) is 1. The summed E-state index contributed by atoms with van der Waals surface area (Å²) >= 11 is 0. The number of nitrogens with zero attached hydrogens (tertiary/aromatic N) is 1. The van der Waals surface area contributed by atoms with E-state index in [2.05, 4.69) is 11.8 Å². The predicted molar refractivity (Wildman–Crippen MR) is 73.1 cm³/mol. The number of anilines is 1. The van der Waals surface area contributed by atoms with Crippen LogP contribution in [0.5, 0.6) is 5.75 Å². The topological polar surface area (TPSA) is 58.7 Å². The predicted octanol–water partition coefficient (Wildman–Crippen LogP) is 1.68. The number of benzene rings is 1. The maximum atomic E-state index is 10.00. The maximum absolute atomic E-state index is 10.00. The molecule has 0 saturated heterocycles. The molecule has 100 valence electrons. The smallest absolute Gasteiger partial charge is 0.142 e. The van der Waals surface area contributed by atoms with Gasteiger partial charge in [0, 0.05) is 6.54 Å². The van der Waals surface area contributed by atoms with E-state index in [-0.39, 0.29) is 0 Å². The molecule has 3 N–H and O–H groups in total. The van der Waals surface area contributed by atoms with Crippen LogP contribution in [0.2, 0.25) is 0 Å². The second-order valence-electron chi connectivity index (χ2n) is 4.66. The molecule has 0 amide bonds. The van der Waals surface area contributed by atoms with Gasteiger partial charge in [-0.2, -0.15) is 0 Å². The minimum atomic E-state index is -0.481. The number of hydrogen-bond donors (Lipinski definition) is 2. The minimum Gasteiger partial charge on any atom is -0.490 e. The van der Waals surface area contributed by atoms with Crippen LogP contribution in [0, 0.1) is 0 Å². The summed E-state index contributed by atoms with van der Waals surface area (Å²) < 4.78 is 5.65. The molecule has 4 heteroatoms. The average molecular weight is 250 g/mol. The first-order valence-electron chi connectivity index (χ1n) is 6.66. The molecule has 1 aliphatic rings. The van der Waals surface area contributed by atoms with Crippen molar-refractivity contribution >= 4 is 5.69 Å². The van der Waals surface area contributed by atoms with Crippen molar-refractivity contribution in [1.29, 1.82) is 0 Å². The number of rotatable bonds is 5. The van der Waals surface area contributed by atoms with Crippen molar-refractivity contribution in [3.63, 3.8) is 0 Å². The summed E-state index contributed by atoms with van der Waals surface area (Å²) in [5.74, 6) is 0.915. The van der Waals surface area contributed by atoms with Gasteiger partial charge >= 0.3 is 0 Å². The van der Waals surface area contributed by atoms with Crippen molar-refractivity contribution in [1.82, 2.24) is 0 Å². The first-order valence-corrected chi connectivity index (χ1v) is 6.66. The Labute approximate surface area is 108 Å². The lowest BCUT2D eigenvalue weighted by Crippen LogP contribution is -2.33. The van der Waals surface area contributed by atoms with Gasteiger partial charge in [-0.25, -0.2) is 0 Å². The number of ether oxygens (including phenoxy) is 1. The van der Waals surface area contributed by atoms with Crippen LogP contribution >= 0.6 is 0 Å². The zero-order valence-corrected chi connectivity index (χ0v) is 10.9. The van der Waals surface area contributed by atoms with Gasteiger partial charge in [0.05, 0.1) is 18.3 Å². The Kier molecular flexibility index (Phi) is 4.44. The number of fused-ring (bicyclic) bond motifs is 1. The molecule has 2 rings (SSSR count). The van der Waals surface area contributed by atoms with Gasteiger partial charge < -0.3 is 20.5 Å². The fraction of sp³-hybridized carbons (Fsp3) is 0.571. The average Bonchev–Trinajstić information content (AvgIpc) is 2.39. The van der Waals surface area contributed by atoms with E-state index in [4.69, 9.17) is 10.5 Å². The van der Waals surface area contributed by atoms with Crippen LogP contribution in [-0.4, -0.2) is 31.3 Å². The van der Waals surface area contributed by atoms with Crippen LogP contribution in [0.1, 0.15) is 31.4 Å². The van der Waals surface area contributed by atoms with Gasteiger partial charge in [0.15, 0.2) is 0 Å². The SMILES string of the molecule is CCCN1CCOc2ccc(C(O)CCN)cc21. The highest BCUT2D eigenvalue weighted by Gasteiger charge is 2.19. The molecule has 0 aliphatic carbocycles. The summed E-state index contributed by atoms with van der Waals surface area (Å²) in [5.41, 5.74) is 7.50. The lowest BCUT2D eigenvalue weighted by atomic mass is 10.0. The third-order valence-corrected chi connectivity index (χ3v) is 3.26. The first kappa shape index (κ1) is 13.2. The molecule has 0 fully saturated rings. The zero-order valence-electron chi connectivity index (χ0n) is 10.9. The van der Waals surface area contributed by atoms with Crippen molar-refractivity contribution in [3.8, 4) is 5.75 Å².